The quantitative estimate of drug-likeness (QED) is 0.583. The van der Waals surface area contributed by atoms with Gasteiger partial charge in [0, 0.05) is 17.3 Å². The highest BCUT2D eigenvalue weighted by Gasteiger charge is 2.18. The maximum Gasteiger partial charge on any atom is 0.339 e. The molecule has 9 heteroatoms. The molecule has 25 heavy (non-hydrogen) atoms. The Hall–Kier alpha value is -2.39. The number of hydrogen-bond donors (Lipinski definition) is 2. The van der Waals surface area contributed by atoms with E-state index >= 15 is 0 Å². The van der Waals surface area contributed by atoms with Gasteiger partial charge in [-0.3, -0.25) is 0 Å². The van der Waals surface area contributed by atoms with Gasteiger partial charge in [-0.1, -0.05) is 12.1 Å². The SMILES string of the molecule is Nc1nc(N)nc(COC(=O)c2ccccc2SC[C@@H]2CCCO2)n1. The fourth-order valence-electron chi connectivity index (χ4n) is 2.45. The lowest BCUT2D eigenvalue weighted by Crippen LogP contribution is -2.12. The third kappa shape index (κ3) is 4.80. The van der Waals surface area contributed by atoms with Gasteiger partial charge in [0.1, 0.15) is 0 Å². The maximum absolute atomic E-state index is 12.4. The van der Waals surface area contributed by atoms with E-state index in [4.69, 9.17) is 20.9 Å². The number of ether oxygens (including phenoxy) is 2. The third-order valence-electron chi connectivity index (χ3n) is 3.60. The van der Waals surface area contributed by atoms with E-state index in [0.29, 0.717) is 5.56 Å². The molecule has 4 N–H and O–H groups in total. The van der Waals surface area contributed by atoms with E-state index in [0.717, 1.165) is 30.1 Å². The molecule has 0 aliphatic carbocycles. The number of rotatable bonds is 6. The van der Waals surface area contributed by atoms with Gasteiger partial charge in [0.2, 0.25) is 11.9 Å². The van der Waals surface area contributed by atoms with Crippen LogP contribution < -0.4 is 11.5 Å². The zero-order valence-corrected chi connectivity index (χ0v) is 14.4. The summed E-state index contributed by atoms with van der Waals surface area (Å²) in [5.41, 5.74) is 11.5. The first-order valence-electron chi connectivity index (χ1n) is 7.88. The Morgan fingerprint density at radius 2 is 2.00 bits per heavy atom. The molecule has 1 saturated heterocycles. The van der Waals surface area contributed by atoms with E-state index in [9.17, 15) is 4.79 Å². The molecule has 8 nitrogen and oxygen atoms in total. The van der Waals surface area contributed by atoms with Gasteiger partial charge in [0.15, 0.2) is 12.4 Å². The molecule has 3 rings (SSSR count). The van der Waals surface area contributed by atoms with Crippen LogP contribution in [0.1, 0.15) is 29.0 Å². The van der Waals surface area contributed by atoms with Crippen molar-refractivity contribution >= 4 is 29.6 Å². The normalized spacial score (nSPS) is 16.7. The predicted octanol–water partition coefficient (Wildman–Crippen LogP) is 1.66. The van der Waals surface area contributed by atoms with Crippen molar-refractivity contribution in [3.8, 4) is 0 Å². The first-order chi connectivity index (χ1) is 12.1. The molecular weight excluding hydrogens is 342 g/mol. The number of nitrogen functional groups attached to an aromatic ring is 2. The highest BCUT2D eigenvalue weighted by molar-refractivity contribution is 7.99. The van der Waals surface area contributed by atoms with Crippen LogP contribution >= 0.6 is 11.8 Å². The predicted molar refractivity (Wildman–Crippen MR) is 93.9 cm³/mol. The molecule has 0 radical (unpaired) electrons. The van der Waals surface area contributed by atoms with E-state index in [2.05, 4.69) is 15.0 Å². The smallest absolute Gasteiger partial charge is 0.339 e. The van der Waals surface area contributed by atoms with Crippen LogP contribution in [0.15, 0.2) is 29.2 Å². The van der Waals surface area contributed by atoms with Gasteiger partial charge in [-0.25, -0.2) is 4.79 Å². The van der Waals surface area contributed by atoms with Crippen LogP contribution in [0.3, 0.4) is 0 Å². The summed E-state index contributed by atoms with van der Waals surface area (Å²) in [6.45, 7) is 0.688. The first-order valence-corrected chi connectivity index (χ1v) is 8.87. The Bertz CT molecular complexity index is 732. The highest BCUT2D eigenvalue weighted by atomic mass is 32.2. The van der Waals surface area contributed by atoms with E-state index in [1.807, 2.05) is 12.1 Å². The average Bonchev–Trinajstić information content (AvgIpc) is 3.11. The Kier molecular flexibility index (Phi) is 5.67. The second-order valence-corrected chi connectivity index (χ2v) is 6.55. The molecule has 1 aliphatic heterocycles. The van der Waals surface area contributed by atoms with E-state index in [1.165, 1.54) is 0 Å². The lowest BCUT2D eigenvalue weighted by molar-refractivity contribution is 0.0458. The molecule has 0 bridgehead atoms. The molecule has 2 heterocycles. The van der Waals surface area contributed by atoms with Crippen LogP contribution in [-0.4, -0.2) is 39.4 Å². The summed E-state index contributed by atoms with van der Waals surface area (Å²) in [4.78, 5) is 24.7. The number of esters is 1. The number of anilines is 2. The summed E-state index contributed by atoms with van der Waals surface area (Å²) in [7, 11) is 0. The number of nitrogens with zero attached hydrogens (tertiary/aromatic N) is 3. The van der Waals surface area contributed by atoms with Crippen molar-refractivity contribution in [3.05, 3.63) is 35.7 Å². The van der Waals surface area contributed by atoms with Crippen LogP contribution in [-0.2, 0) is 16.1 Å². The highest BCUT2D eigenvalue weighted by Crippen LogP contribution is 2.27. The van der Waals surface area contributed by atoms with Gasteiger partial charge in [-0.2, -0.15) is 15.0 Å². The second kappa shape index (κ2) is 8.13. The van der Waals surface area contributed by atoms with Gasteiger partial charge >= 0.3 is 5.97 Å². The van der Waals surface area contributed by atoms with Crippen molar-refractivity contribution in [2.24, 2.45) is 0 Å². The summed E-state index contributed by atoms with van der Waals surface area (Å²) in [5.74, 6) is 0.554. The van der Waals surface area contributed by atoms with Crippen LogP contribution in [0, 0.1) is 0 Å². The monoisotopic (exact) mass is 361 g/mol. The molecule has 1 aromatic heterocycles. The minimum atomic E-state index is -0.451. The van der Waals surface area contributed by atoms with Crippen LogP contribution in [0.2, 0.25) is 0 Å². The largest absolute Gasteiger partial charge is 0.454 e. The third-order valence-corrected chi connectivity index (χ3v) is 4.81. The molecule has 1 aromatic carbocycles. The van der Waals surface area contributed by atoms with Crippen molar-refractivity contribution in [3.63, 3.8) is 0 Å². The summed E-state index contributed by atoms with van der Waals surface area (Å²) in [6, 6.07) is 7.32. The first kappa shape index (κ1) is 17.4. The van der Waals surface area contributed by atoms with Crippen LogP contribution in [0.5, 0.6) is 0 Å². The van der Waals surface area contributed by atoms with Crippen molar-refractivity contribution in [1.29, 1.82) is 0 Å². The fraction of sp³-hybridized carbons (Fsp3) is 0.375. The van der Waals surface area contributed by atoms with Gasteiger partial charge in [-0.15, -0.1) is 11.8 Å². The van der Waals surface area contributed by atoms with Crippen molar-refractivity contribution in [2.75, 3.05) is 23.8 Å². The molecule has 0 amide bonds. The van der Waals surface area contributed by atoms with Gasteiger partial charge in [0.25, 0.3) is 0 Å². The lowest BCUT2D eigenvalue weighted by Gasteiger charge is -2.12. The van der Waals surface area contributed by atoms with Crippen molar-refractivity contribution in [2.45, 2.75) is 30.4 Å². The number of carbonyl (C=O) groups is 1. The molecule has 0 unspecified atom stereocenters. The minimum absolute atomic E-state index is 0.00827. The van der Waals surface area contributed by atoms with Gasteiger partial charge in [0.05, 0.1) is 11.7 Å². The molecule has 0 saturated carbocycles. The number of thioether (sulfide) groups is 1. The topological polar surface area (TPSA) is 126 Å². The molecule has 132 valence electrons. The molecule has 0 spiro atoms. The fourth-order valence-corrected chi connectivity index (χ4v) is 3.56. The number of hydrogen-bond acceptors (Lipinski definition) is 9. The molecular formula is C16H19N5O3S. The van der Waals surface area contributed by atoms with Crippen LogP contribution in [0.25, 0.3) is 0 Å². The Labute approximate surface area is 149 Å². The standard InChI is InChI=1S/C16H19N5O3S/c17-15-19-13(20-16(18)21-15)8-24-14(22)11-5-1-2-6-12(11)25-9-10-4-3-7-23-10/h1-2,5-6,10H,3-4,7-9H2,(H4,17,18,19,20,21)/t10-/m0/s1. The number of benzene rings is 1. The number of nitrogens with two attached hydrogens (primary N) is 2. The van der Waals surface area contributed by atoms with E-state index in [-0.39, 0.29) is 30.4 Å². The molecule has 1 atom stereocenters. The average molecular weight is 361 g/mol. The Morgan fingerprint density at radius 1 is 1.24 bits per heavy atom. The van der Waals surface area contributed by atoms with Gasteiger partial charge in [-0.05, 0) is 25.0 Å². The van der Waals surface area contributed by atoms with E-state index in [1.54, 1.807) is 23.9 Å². The minimum Gasteiger partial charge on any atom is -0.454 e. The Balaban J connectivity index is 1.63. The summed E-state index contributed by atoms with van der Waals surface area (Å²) in [5, 5.41) is 0. The lowest BCUT2D eigenvalue weighted by atomic mass is 10.2. The summed E-state index contributed by atoms with van der Waals surface area (Å²) >= 11 is 1.59. The maximum atomic E-state index is 12.4. The zero-order chi connectivity index (χ0) is 17.6. The van der Waals surface area contributed by atoms with Crippen molar-refractivity contribution in [1.82, 2.24) is 15.0 Å². The molecule has 1 fully saturated rings. The number of carbonyl (C=O) groups excluding carboxylic acids is 1. The van der Waals surface area contributed by atoms with E-state index < -0.39 is 5.97 Å². The summed E-state index contributed by atoms with van der Waals surface area (Å²) < 4.78 is 10.9. The molecule has 2 aromatic rings. The molecule has 1 aliphatic rings. The summed E-state index contributed by atoms with van der Waals surface area (Å²) in [6.07, 6.45) is 2.39. The van der Waals surface area contributed by atoms with Crippen molar-refractivity contribution < 1.29 is 14.3 Å². The zero-order valence-electron chi connectivity index (χ0n) is 13.6. The van der Waals surface area contributed by atoms with Crippen LogP contribution in [0.4, 0.5) is 11.9 Å². The Morgan fingerprint density at radius 3 is 2.72 bits per heavy atom. The number of aromatic nitrogens is 3. The van der Waals surface area contributed by atoms with Gasteiger partial charge < -0.3 is 20.9 Å². The second-order valence-electron chi connectivity index (χ2n) is 5.49.